The first-order valence-corrected chi connectivity index (χ1v) is 4.38. The monoisotopic (exact) mass is 180 g/mol. The second-order valence-corrected chi connectivity index (χ2v) is 3.39. The van der Waals surface area contributed by atoms with E-state index >= 15 is 0 Å². The number of rotatable bonds is 3. The van der Waals surface area contributed by atoms with Crippen molar-refractivity contribution in [1.29, 1.82) is 0 Å². The summed E-state index contributed by atoms with van der Waals surface area (Å²) in [6.07, 6.45) is -0.511. The van der Waals surface area contributed by atoms with Gasteiger partial charge < -0.3 is 9.84 Å². The van der Waals surface area contributed by atoms with Crippen molar-refractivity contribution in [1.82, 2.24) is 0 Å². The van der Waals surface area contributed by atoms with E-state index in [1.807, 2.05) is 26.0 Å². The first kappa shape index (κ1) is 10.2. The van der Waals surface area contributed by atoms with Gasteiger partial charge in [0.15, 0.2) is 0 Å². The van der Waals surface area contributed by atoms with Gasteiger partial charge in [-0.3, -0.25) is 0 Å². The van der Waals surface area contributed by atoms with Crippen molar-refractivity contribution in [3.63, 3.8) is 0 Å². The second kappa shape index (κ2) is 4.40. The molecule has 0 aliphatic carbocycles. The first-order valence-electron chi connectivity index (χ1n) is 4.38. The zero-order valence-electron chi connectivity index (χ0n) is 8.37. The van der Waals surface area contributed by atoms with Crippen LogP contribution in [0.25, 0.3) is 0 Å². The molecule has 13 heavy (non-hydrogen) atoms. The molecule has 0 bridgehead atoms. The molecule has 1 aromatic carbocycles. The summed E-state index contributed by atoms with van der Waals surface area (Å²) < 4.78 is 4.89. The number of benzene rings is 1. The van der Waals surface area contributed by atoms with Gasteiger partial charge in [-0.15, -0.1) is 0 Å². The van der Waals surface area contributed by atoms with Crippen LogP contribution in [0.3, 0.4) is 0 Å². The summed E-state index contributed by atoms with van der Waals surface area (Å²) in [6.45, 7) is 4.40. The highest BCUT2D eigenvalue weighted by Crippen LogP contribution is 2.16. The summed E-state index contributed by atoms with van der Waals surface area (Å²) in [6, 6.07) is 6.05. The summed E-state index contributed by atoms with van der Waals surface area (Å²) in [5, 5.41) is 9.64. The minimum Gasteiger partial charge on any atom is -0.386 e. The normalized spacial score (nSPS) is 12.9. The van der Waals surface area contributed by atoms with E-state index in [1.165, 1.54) is 11.1 Å². The maximum Gasteiger partial charge on any atom is 0.102 e. The SMILES string of the molecule is COCC(O)c1cc(C)cc(C)c1. The van der Waals surface area contributed by atoms with Crippen LogP contribution in [0, 0.1) is 13.8 Å². The molecule has 0 saturated heterocycles. The number of methoxy groups -OCH3 is 1. The molecule has 0 aliphatic heterocycles. The lowest BCUT2D eigenvalue weighted by molar-refractivity contribution is 0.0643. The molecule has 0 fully saturated rings. The van der Waals surface area contributed by atoms with Gasteiger partial charge in [-0.05, 0) is 19.4 Å². The Bertz CT molecular complexity index is 261. The van der Waals surface area contributed by atoms with Crippen LogP contribution in [0.1, 0.15) is 22.8 Å². The highest BCUT2D eigenvalue weighted by Gasteiger charge is 2.07. The molecular weight excluding hydrogens is 164 g/mol. The molecule has 1 rings (SSSR count). The summed E-state index contributed by atoms with van der Waals surface area (Å²) >= 11 is 0. The molecule has 0 saturated carbocycles. The molecule has 0 aromatic heterocycles. The summed E-state index contributed by atoms with van der Waals surface area (Å²) in [5.74, 6) is 0. The Kier molecular flexibility index (Phi) is 3.46. The van der Waals surface area contributed by atoms with Crippen LogP contribution in [0.4, 0.5) is 0 Å². The maximum atomic E-state index is 9.64. The van der Waals surface area contributed by atoms with Crippen LogP contribution < -0.4 is 0 Å². The molecule has 0 amide bonds. The molecule has 0 heterocycles. The average Bonchev–Trinajstić information content (AvgIpc) is 2.03. The summed E-state index contributed by atoms with van der Waals surface area (Å²) in [7, 11) is 1.59. The quantitative estimate of drug-likeness (QED) is 0.770. The van der Waals surface area contributed by atoms with Crippen molar-refractivity contribution in [3.05, 3.63) is 34.9 Å². The van der Waals surface area contributed by atoms with Gasteiger partial charge in [0.25, 0.3) is 0 Å². The molecule has 1 unspecified atom stereocenters. The smallest absolute Gasteiger partial charge is 0.102 e. The van der Waals surface area contributed by atoms with E-state index in [1.54, 1.807) is 7.11 Å². The molecule has 1 N–H and O–H groups in total. The van der Waals surface area contributed by atoms with Crippen LogP contribution in [0.5, 0.6) is 0 Å². The lowest BCUT2D eigenvalue weighted by Crippen LogP contribution is -2.05. The number of aryl methyl sites for hydroxylation is 2. The van der Waals surface area contributed by atoms with Gasteiger partial charge in [0.05, 0.1) is 6.61 Å². The summed E-state index contributed by atoms with van der Waals surface area (Å²) in [5.41, 5.74) is 3.27. The third-order valence-electron chi connectivity index (χ3n) is 1.95. The first-order chi connectivity index (χ1) is 6.13. The zero-order valence-corrected chi connectivity index (χ0v) is 8.37. The fourth-order valence-electron chi connectivity index (χ4n) is 1.46. The molecule has 2 heteroatoms. The van der Waals surface area contributed by atoms with Gasteiger partial charge >= 0.3 is 0 Å². The molecule has 2 nitrogen and oxygen atoms in total. The standard InChI is InChI=1S/C11H16O2/c1-8-4-9(2)6-10(5-8)11(12)7-13-3/h4-6,11-12H,7H2,1-3H3. The van der Waals surface area contributed by atoms with E-state index in [0.29, 0.717) is 6.61 Å². The highest BCUT2D eigenvalue weighted by molar-refractivity contribution is 5.29. The Morgan fingerprint density at radius 3 is 2.23 bits per heavy atom. The fourth-order valence-corrected chi connectivity index (χ4v) is 1.46. The van der Waals surface area contributed by atoms with Gasteiger partial charge in [-0.2, -0.15) is 0 Å². The van der Waals surface area contributed by atoms with E-state index in [0.717, 1.165) is 5.56 Å². The molecule has 72 valence electrons. The third-order valence-corrected chi connectivity index (χ3v) is 1.95. The van der Waals surface area contributed by atoms with Gasteiger partial charge in [0.1, 0.15) is 6.10 Å². The van der Waals surface area contributed by atoms with Crippen molar-refractivity contribution < 1.29 is 9.84 Å². The van der Waals surface area contributed by atoms with Gasteiger partial charge in [-0.1, -0.05) is 29.3 Å². The van der Waals surface area contributed by atoms with Gasteiger partial charge in [-0.25, -0.2) is 0 Å². The molecule has 0 spiro atoms. The van der Waals surface area contributed by atoms with Crippen LogP contribution in [0.15, 0.2) is 18.2 Å². The number of aliphatic hydroxyl groups is 1. The Labute approximate surface area is 79.2 Å². The van der Waals surface area contributed by atoms with Crippen molar-refractivity contribution in [3.8, 4) is 0 Å². The van der Waals surface area contributed by atoms with E-state index in [2.05, 4.69) is 6.07 Å². The lowest BCUT2D eigenvalue weighted by atomic mass is 10.0. The third kappa shape index (κ3) is 2.83. The van der Waals surface area contributed by atoms with E-state index in [4.69, 9.17) is 4.74 Å². The van der Waals surface area contributed by atoms with Crippen LogP contribution >= 0.6 is 0 Å². The maximum absolute atomic E-state index is 9.64. The zero-order chi connectivity index (χ0) is 9.84. The van der Waals surface area contributed by atoms with Crippen LogP contribution in [-0.2, 0) is 4.74 Å². The fraction of sp³-hybridized carbons (Fsp3) is 0.455. The number of ether oxygens (including phenoxy) is 1. The highest BCUT2D eigenvalue weighted by atomic mass is 16.5. The number of aliphatic hydroxyl groups excluding tert-OH is 1. The van der Waals surface area contributed by atoms with Gasteiger partial charge in [0.2, 0.25) is 0 Å². The number of hydrogen-bond donors (Lipinski definition) is 1. The molecular formula is C11H16O2. The lowest BCUT2D eigenvalue weighted by Gasteiger charge is -2.11. The van der Waals surface area contributed by atoms with Crippen molar-refractivity contribution in [2.75, 3.05) is 13.7 Å². The summed E-state index contributed by atoms with van der Waals surface area (Å²) in [4.78, 5) is 0. The predicted molar refractivity (Wildman–Crippen MR) is 52.8 cm³/mol. The van der Waals surface area contributed by atoms with Crippen molar-refractivity contribution in [2.24, 2.45) is 0 Å². The minimum absolute atomic E-state index is 0.350. The Morgan fingerprint density at radius 2 is 1.77 bits per heavy atom. The molecule has 0 radical (unpaired) electrons. The Morgan fingerprint density at radius 1 is 1.23 bits per heavy atom. The van der Waals surface area contributed by atoms with E-state index in [-0.39, 0.29) is 0 Å². The van der Waals surface area contributed by atoms with E-state index in [9.17, 15) is 5.11 Å². The van der Waals surface area contributed by atoms with Crippen LogP contribution in [0.2, 0.25) is 0 Å². The topological polar surface area (TPSA) is 29.5 Å². The second-order valence-electron chi connectivity index (χ2n) is 3.39. The van der Waals surface area contributed by atoms with Crippen molar-refractivity contribution >= 4 is 0 Å². The molecule has 0 aliphatic rings. The van der Waals surface area contributed by atoms with Gasteiger partial charge in [0, 0.05) is 7.11 Å². The largest absolute Gasteiger partial charge is 0.386 e. The van der Waals surface area contributed by atoms with E-state index < -0.39 is 6.10 Å². The average molecular weight is 180 g/mol. The molecule has 1 atom stereocenters. The van der Waals surface area contributed by atoms with Crippen molar-refractivity contribution in [2.45, 2.75) is 20.0 Å². The predicted octanol–water partition coefficient (Wildman–Crippen LogP) is 1.98. The Balaban J connectivity index is 2.87. The number of hydrogen-bond acceptors (Lipinski definition) is 2. The van der Waals surface area contributed by atoms with Crippen LogP contribution in [-0.4, -0.2) is 18.8 Å². The molecule has 1 aromatic rings. The Hall–Kier alpha value is -0.860. The minimum atomic E-state index is -0.511.